The number of fused-ring (bicyclic) bond motifs is 1. The molecule has 5 heteroatoms. The highest BCUT2D eigenvalue weighted by molar-refractivity contribution is 6.30. The fourth-order valence-electron chi connectivity index (χ4n) is 3.27. The van der Waals surface area contributed by atoms with E-state index in [2.05, 4.69) is 23.0 Å². The number of imidazole rings is 1. The van der Waals surface area contributed by atoms with E-state index >= 15 is 0 Å². The Morgan fingerprint density at radius 2 is 2.05 bits per heavy atom. The van der Waals surface area contributed by atoms with E-state index < -0.39 is 0 Å². The van der Waals surface area contributed by atoms with E-state index in [-0.39, 0.29) is 0 Å². The Bertz CT molecular complexity index is 601. The highest BCUT2D eigenvalue weighted by Crippen LogP contribution is 2.23. The van der Waals surface area contributed by atoms with Crippen molar-refractivity contribution in [2.75, 3.05) is 6.54 Å². The van der Waals surface area contributed by atoms with Crippen molar-refractivity contribution in [1.29, 1.82) is 0 Å². The van der Waals surface area contributed by atoms with Crippen molar-refractivity contribution in [3.8, 4) is 0 Å². The summed E-state index contributed by atoms with van der Waals surface area (Å²) in [7, 11) is 0. The van der Waals surface area contributed by atoms with Crippen LogP contribution in [0.5, 0.6) is 0 Å². The number of nitrogens with zero attached hydrogens (tertiary/aromatic N) is 3. The SMILES string of the molecule is CCN(Cc1cn2cc(Cl)ccc2n1)C1CCC(N)CC1. The van der Waals surface area contributed by atoms with Crippen molar-refractivity contribution in [3.63, 3.8) is 0 Å². The molecule has 1 aliphatic rings. The Hall–Kier alpha value is -1.10. The van der Waals surface area contributed by atoms with Crippen molar-refractivity contribution < 1.29 is 0 Å². The molecular formula is C16H23ClN4. The quantitative estimate of drug-likeness (QED) is 0.944. The van der Waals surface area contributed by atoms with Gasteiger partial charge in [0.2, 0.25) is 0 Å². The van der Waals surface area contributed by atoms with Crippen LogP contribution >= 0.6 is 11.6 Å². The number of hydrogen-bond acceptors (Lipinski definition) is 3. The highest BCUT2D eigenvalue weighted by Gasteiger charge is 2.23. The molecule has 1 fully saturated rings. The van der Waals surface area contributed by atoms with Crippen LogP contribution in [0.3, 0.4) is 0 Å². The zero-order chi connectivity index (χ0) is 14.8. The first-order chi connectivity index (χ1) is 10.2. The van der Waals surface area contributed by atoms with Crippen LogP contribution < -0.4 is 5.73 Å². The molecule has 0 aliphatic heterocycles. The molecular weight excluding hydrogens is 284 g/mol. The number of nitrogens with two attached hydrogens (primary N) is 1. The predicted molar refractivity (Wildman–Crippen MR) is 86.5 cm³/mol. The molecule has 2 aromatic rings. The normalized spacial score (nSPS) is 23.0. The minimum absolute atomic E-state index is 0.400. The van der Waals surface area contributed by atoms with Crippen LogP contribution in [0.4, 0.5) is 0 Å². The maximum atomic E-state index is 6.03. The first-order valence-corrected chi connectivity index (χ1v) is 8.16. The fraction of sp³-hybridized carbons (Fsp3) is 0.562. The number of hydrogen-bond donors (Lipinski definition) is 1. The molecule has 0 atom stereocenters. The summed E-state index contributed by atoms with van der Waals surface area (Å²) in [4.78, 5) is 7.21. The second-order valence-corrected chi connectivity index (χ2v) is 6.41. The van der Waals surface area contributed by atoms with Crippen molar-refractivity contribution in [2.24, 2.45) is 5.73 Å². The molecule has 0 amide bonds. The first kappa shape index (κ1) is 14.8. The van der Waals surface area contributed by atoms with Gasteiger partial charge in [-0.3, -0.25) is 4.90 Å². The van der Waals surface area contributed by atoms with Gasteiger partial charge in [-0.25, -0.2) is 4.98 Å². The molecule has 2 aromatic heterocycles. The molecule has 0 radical (unpaired) electrons. The zero-order valence-electron chi connectivity index (χ0n) is 12.5. The van der Waals surface area contributed by atoms with Gasteiger partial charge in [0.25, 0.3) is 0 Å². The monoisotopic (exact) mass is 306 g/mol. The second-order valence-electron chi connectivity index (χ2n) is 5.98. The Balaban J connectivity index is 1.73. The van der Waals surface area contributed by atoms with Gasteiger partial charge >= 0.3 is 0 Å². The molecule has 0 spiro atoms. The summed E-state index contributed by atoms with van der Waals surface area (Å²) in [5, 5.41) is 0.736. The summed E-state index contributed by atoms with van der Waals surface area (Å²) >= 11 is 6.03. The van der Waals surface area contributed by atoms with Gasteiger partial charge in [0.05, 0.1) is 10.7 Å². The second kappa shape index (κ2) is 6.34. The smallest absolute Gasteiger partial charge is 0.137 e. The molecule has 2 heterocycles. The number of aromatic nitrogens is 2. The minimum Gasteiger partial charge on any atom is -0.328 e. The summed E-state index contributed by atoms with van der Waals surface area (Å²) < 4.78 is 2.00. The third kappa shape index (κ3) is 3.39. The van der Waals surface area contributed by atoms with Gasteiger partial charge in [-0.05, 0) is 44.4 Å². The van der Waals surface area contributed by atoms with Crippen molar-refractivity contribution in [2.45, 2.75) is 51.2 Å². The largest absolute Gasteiger partial charge is 0.328 e. The van der Waals surface area contributed by atoms with E-state index in [1.807, 2.05) is 22.7 Å². The van der Waals surface area contributed by atoms with Crippen LogP contribution in [-0.4, -0.2) is 32.9 Å². The Labute approximate surface area is 130 Å². The van der Waals surface area contributed by atoms with Crippen LogP contribution in [0.2, 0.25) is 5.02 Å². The maximum Gasteiger partial charge on any atom is 0.137 e. The predicted octanol–water partition coefficient (Wildman–Crippen LogP) is 3.08. The summed E-state index contributed by atoms with van der Waals surface area (Å²) in [6.07, 6.45) is 8.67. The lowest BCUT2D eigenvalue weighted by molar-refractivity contribution is 0.148. The maximum absolute atomic E-state index is 6.03. The van der Waals surface area contributed by atoms with Crippen molar-refractivity contribution >= 4 is 17.2 Å². The molecule has 0 unspecified atom stereocenters. The first-order valence-electron chi connectivity index (χ1n) is 7.78. The summed E-state index contributed by atoms with van der Waals surface area (Å²) in [5.41, 5.74) is 8.07. The van der Waals surface area contributed by atoms with E-state index in [4.69, 9.17) is 17.3 Å². The lowest BCUT2D eigenvalue weighted by Crippen LogP contribution is -2.40. The van der Waals surface area contributed by atoms with E-state index in [1.165, 1.54) is 12.8 Å². The number of pyridine rings is 1. The van der Waals surface area contributed by atoms with Gasteiger partial charge in [-0.1, -0.05) is 18.5 Å². The van der Waals surface area contributed by atoms with E-state index in [1.54, 1.807) is 0 Å². The molecule has 21 heavy (non-hydrogen) atoms. The van der Waals surface area contributed by atoms with Gasteiger partial charge in [-0.2, -0.15) is 0 Å². The average Bonchev–Trinajstić information content (AvgIpc) is 2.87. The summed E-state index contributed by atoms with van der Waals surface area (Å²) in [5.74, 6) is 0. The Morgan fingerprint density at radius 1 is 1.29 bits per heavy atom. The lowest BCUT2D eigenvalue weighted by atomic mass is 9.90. The van der Waals surface area contributed by atoms with Crippen LogP contribution in [-0.2, 0) is 6.54 Å². The minimum atomic E-state index is 0.400. The number of rotatable bonds is 4. The van der Waals surface area contributed by atoms with E-state index in [0.29, 0.717) is 12.1 Å². The van der Waals surface area contributed by atoms with Gasteiger partial charge < -0.3 is 10.1 Å². The Kier molecular flexibility index (Phi) is 4.48. The van der Waals surface area contributed by atoms with Gasteiger partial charge in [0.1, 0.15) is 5.65 Å². The molecule has 1 saturated carbocycles. The topological polar surface area (TPSA) is 46.6 Å². The Morgan fingerprint density at radius 3 is 2.76 bits per heavy atom. The van der Waals surface area contributed by atoms with E-state index in [0.717, 1.165) is 42.3 Å². The molecule has 114 valence electrons. The third-order valence-corrected chi connectivity index (χ3v) is 4.72. The molecule has 3 rings (SSSR count). The van der Waals surface area contributed by atoms with Crippen molar-refractivity contribution in [1.82, 2.24) is 14.3 Å². The lowest BCUT2D eigenvalue weighted by Gasteiger charge is -2.35. The van der Waals surface area contributed by atoms with Crippen LogP contribution in [0.1, 0.15) is 38.3 Å². The molecule has 4 nitrogen and oxygen atoms in total. The molecule has 2 N–H and O–H groups in total. The summed E-state index contributed by atoms with van der Waals surface area (Å²) in [6, 6.07) is 4.88. The molecule has 1 aliphatic carbocycles. The molecule has 0 bridgehead atoms. The van der Waals surface area contributed by atoms with Crippen LogP contribution in [0.15, 0.2) is 24.5 Å². The van der Waals surface area contributed by atoms with Gasteiger partial charge in [0, 0.05) is 31.0 Å². The number of halogens is 1. The molecule has 0 aromatic carbocycles. The van der Waals surface area contributed by atoms with Crippen LogP contribution in [0.25, 0.3) is 5.65 Å². The third-order valence-electron chi connectivity index (χ3n) is 4.49. The fourth-order valence-corrected chi connectivity index (χ4v) is 3.44. The summed E-state index contributed by atoms with van der Waals surface area (Å²) in [6.45, 7) is 4.17. The van der Waals surface area contributed by atoms with Crippen LogP contribution in [0, 0.1) is 0 Å². The molecule has 0 saturated heterocycles. The highest BCUT2D eigenvalue weighted by atomic mass is 35.5. The van der Waals surface area contributed by atoms with E-state index in [9.17, 15) is 0 Å². The average molecular weight is 307 g/mol. The zero-order valence-corrected chi connectivity index (χ0v) is 13.3. The van der Waals surface area contributed by atoms with Gasteiger partial charge in [0.15, 0.2) is 0 Å². The van der Waals surface area contributed by atoms with Crippen molar-refractivity contribution in [3.05, 3.63) is 35.2 Å². The van der Waals surface area contributed by atoms with Gasteiger partial charge in [-0.15, -0.1) is 0 Å². The standard InChI is InChI=1S/C16H23ClN4/c1-2-20(15-6-4-13(18)5-7-15)10-14-11-21-9-12(17)3-8-16(21)19-14/h3,8-9,11,13,15H,2,4-7,10,18H2,1H3.